The monoisotopic (exact) mass is 382 g/mol. The summed E-state index contributed by atoms with van der Waals surface area (Å²) in [5, 5.41) is 3.71. The average Bonchev–Trinajstić information content (AvgIpc) is 3.10. The summed E-state index contributed by atoms with van der Waals surface area (Å²) in [5.74, 6) is 1.33. The fourth-order valence-electron chi connectivity index (χ4n) is 2.63. The fourth-order valence-corrected chi connectivity index (χ4v) is 4.23. The van der Waals surface area contributed by atoms with E-state index >= 15 is 0 Å². The minimum absolute atomic E-state index is 0.165. The van der Waals surface area contributed by atoms with E-state index in [0.717, 1.165) is 5.56 Å². The molecule has 2 rings (SSSR count). The molecule has 0 bridgehead atoms. The predicted octanol–water partition coefficient (Wildman–Crippen LogP) is 2.72. The third-order valence-electron chi connectivity index (χ3n) is 3.88. The van der Waals surface area contributed by atoms with Gasteiger partial charge in [-0.25, -0.2) is 12.7 Å². The zero-order chi connectivity index (χ0) is 19.2. The molecule has 0 N–H and O–H groups in total. The summed E-state index contributed by atoms with van der Waals surface area (Å²) in [6, 6.07) is 7.18. The van der Waals surface area contributed by atoms with Crippen molar-refractivity contribution < 1.29 is 22.4 Å². The SMILES string of the molecule is COc1ccc(CCN(CC(C)C)S(=O)(=O)Cc2ccon2)cc1OC. The van der Waals surface area contributed by atoms with Gasteiger partial charge in [0.1, 0.15) is 12.0 Å². The van der Waals surface area contributed by atoms with E-state index in [1.54, 1.807) is 20.3 Å². The van der Waals surface area contributed by atoms with Gasteiger partial charge in [0.15, 0.2) is 11.5 Å². The Bertz CT molecular complexity index is 788. The minimum atomic E-state index is -3.48. The molecule has 0 saturated heterocycles. The lowest BCUT2D eigenvalue weighted by Gasteiger charge is -2.23. The quantitative estimate of drug-likeness (QED) is 0.628. The molecule has 0 fully saturated rings. The zero-order valence-electron chi connectivity index (χ0n) is 15.6. The van der Waals surface area contributed by atoms with Crippen molar-refractivity contribution in [2.75, 3.05) is 27.3 Å². The molecule has 0 aliphatic carbocycles. The van der Waals surface area contributed by atoms with E-state index in [-0.39, 0.29) is 11.7 Å². The summed E-state index contributed by atoms with van der Waals surface area (Å²) in [5.41, 5.74) is 1.39. The van der Waals surface area contributed by atoms with Crippen LogP contribution in [0, 0.1) is 5.92 Å². The summed E-state index contributed by atoms with van der Waals surface area (Å²) in [4.78, 5) is 0. The van der Waals surface area contributed by atoms with Crippen LogP contribution >= 0.6 is 0 Å². The molecule has 0 spiro atoms. The van der Waals surface area contributed by atoms with Gasteiger partial charge >= 0.3 is 0 Å². The Labute approximate surface area is 154 Å². The van der Waals surface area contributed by atoms with Gasteiger partial charge in [0.25, 0.3) is 0 Å². The Morgan fingerprint density at radius 1 is 1.15 bits per heavy atom. The van der Waals surface area contributed by atoms with Crippen LogP contribution in [-0.4, -0.2) is 45.2 Å². The fraction of sp³-hybridized carbons (Fsp3) is 0.500. The van der Waals surface area contributed by atoms with Crippen molar-refractivity contribution in [2.45, 2.75) is 26.0 Å². The van der Waals surface area contributed by atoms with Crippen molar-refractivity contribution in [3.8, 4) is 11.5 Å². The van der Waals surface area contributed by atoms with Crippen LogP contribution < -0.4 is 9.47 Å². The average molecular weight is 382 g/mol. The second-order valence-corrected chi connectivity index (χ2v) is 8.41. The molecule has 2 aromatic rings. The number of rotatable bonds is 10. The van der Waals surface area contributed by atoms with E-state index in [1.165, 1.54) is 10.6 Å². The summed E-state index contributed by atoms with van der Waals surface area (Å²) >= 11 is 0. The third-order valence-corrected chi connectivity index (χ3v) is 5.66. The van der Waals surface area contributed by atoms with E-state index in [2.05, 4.69) is 5.16 Å². The van der Waals surface area contributed by atoms with Crippen LogP contribution in [0.1, 0.15) is 25.1 Å². The lowest BCUT2D eigenvalue weighted by Crippen LogP contribution is -2.36. The Kier molecular flexibility index (Phi) is 7.05. The molecule has 7 nitrogen and oxygen atoms in total. The number of hydrogen-bond donors (Lipinski definition) is 0. The number of ether oxygens (including phenoxy) is 2. The summed E-state index contributed by atoms with van der Waals surface area (Å²) in [7, 11) is -0.324. The van der Waals surface area contributed by atoms with Gasteiger partial charge in [-0.05, 0) is 30.0 Å². The van der Waals surface area contributed by atoms with E-state index in [1.807, 2.05) is 32.0 Å². The van der Waals surface area contributed by atoms with Crippen molar-refractivity contribution in [1.29, 1.82) is 0 Å². The first-order valence-corrected chi connectivity index (χ1v) is 10.0. The number of sulfonamides is 1. The third kappa shape index (κ3) is 5.47. The molecule has 0 aliphatic heterocycles. The standard InChI is InChI=1S/C18H26N2O5S/c1-14(2)12-20(26(21,22)13-16-8-10-25-19-16)9-7-15-5-6-17(23-3)18(11-15)24-4/h5-6,8,10-11,14H,7,9,12-13H2,1-4H3. The van der Waals surface area contributed by atoms with Crippen molar-refractivity contribution in [1.82, 2.24) is 9.46 Å². The number of aromatic nitrogens is 1. The second-order valence-electron chi connectivity index (χ2n) is 6.44. The van der Waals surface area contributed by atoms with Crippen LogP contribution in [0.15, 0.2) is 35.1 Å². The lowest BCUT2D eigenvalue weighted by molar-refractivity contribution is 0.353. The van der Waals surface area contributed by atoms with Gasteiger partial charge < -0.3 is 14.0 Å². The molecule has 1 heterocycles. The number of benzene rings is 1. The molecule has 0 radical (unpaired) electrons. The van der Waals surface area contributed by atoms with Crippen molar-refractivity contribution in [3.63, 3.8) is 0 Å². The van der Waals surface area contributed by atoms with Crippen LogP contribution in [-0.2, 0) is 22.2 Å². The molecule has 0 aliphatic rings. The topological polar surface area (TPSA) is 81.9 Å². The van der Waals surface area contributed by atoms with Gasteiger partial charge in [-0.2, -0.15) is 0 Å². The summed E-state index contributed by atoms with van der Waals surface area (Å²) in [6.45, 7) is 4.82. The van der Waals surface area contributed by atoms with Gasteiger partial charge in [0, 0.05) is 19.2 Å². The molecule has 26 heavy (non-hydrogen) atoms. The van der Waals surface area contributed by atoms with Crippen molar-refractivity contribution >= 4 is 10.0 Å². The van der Waals surface area contributed by atoms with Crippen LogP contribution in [0.25, 0.3) is 0 Å². The van der Waals surface area contributed by atoms with Crippen LogP contribution in [0.3, 0.4) is 0 Å². The summed E-state index contributed by atoms with van der Waals surface area (Å²) in [6.07, 6.45) is 1.95. The predicted molar refractivity (Wildman–Crippen MR) is 98.8 cm³/mol. The normalized spacial score (nSPS) is 11.9. The highest BCUT2D eigenvalue weighted by atomic mass is 32.2. The van der Waals surface area contributed by atoms with Crippen LogP contribution in [0.5, 0.6) is 11.5 Å². The Morgan fingerprint density at radius 2 is 1.88 bits per heavy atom. The maximum atomic E-state index is 12.8. The number of hydrogen-bond acceptors (Lipinski definition) is 6. The van der Waals surface area contributed by atoms with E-state index in [4.69, 9.17) is 14.0 Å². The highest BCUT2D eigenvalue weighted by molar-refractivity contribution is 7.88. The van der Waals surface area contributed by atoms with Gasteiger partial charge in [-0.3, -0.25) is 0 Å². The number of methoxy groups -OCH3 is 2. The summed E-state index contributed by atoms with van der Waals surface area (Å²) < 4.78 is 42.4. The lowest BCUT2D eigenvalue weighted by atomic mass is 10.1. The molecule has 144 valence electrons. The van der Waals surface area contributed by atoms with Gasteiger partial charge in [0.05, 0.1) is 19.9 Å². The molecule has 0 saturated carbocycles. The molecule has 0 atom stereocenters. The first-order chi connectivity index (χ1) is 12.4. The van der Waals surface area contributed by atoms with E-state index in [9.17, 15) is 8.42 Å². The zero-order valence-corrected chi connectivity index (χ0v) is 16.5. The van der Waals surface area contributed by atoms with Crippen LogP contribution in [0.2, 0.25) is 0 Å². The van der Waals surface area contributed by atoms with Gasteiger partial charge in [-0.1, -0.05) is 25.1 Å². The van der Waals surface area contributed by atoms with E-state index < -0.39 is 10.0 Å². The molecule has 1 aromatic carbocycles. The largest absolute Gasteiger partial charge is 0.493 e. The number of nitrogens with zero attached hydrogens (tertiary/aromatic N) is 2. The van der Waals surface area contributed by atoms with Crippen LogP contribution in [0.4, 0.5) is 0 Å². The highest BCUT2D eigenvalue weighted by Gasteiger charge is 2.24. The second kappa shape index (κ2) is 9.05. The first kappa shape index (κ1) is 20.3. The van der Waals surface area contributed by atoms with Crippen molar-refractivity contribution in [3.05, 3.63) is 41.8 Å². The molecule has 0 unspecified atom stereocenters. The smallest absolute Gasteiger partial charge is 0.219 e. The molecular weight excluding hydrogens is 356 g/mol. The van der Waals surface area contributed by atoms with Crippen molar-refractivity contribution in [2.24, 2.45) is 5.92 Å². The molecule has 0 amide bonds. The highest BCUT2D eigenvalue weighted by Crippen LogP contribution is 2.28. The maximum Gasteiger partial charge on any atom is 0.219 e. The molecule has 1 aromatic heterocycles. The maximum absolute atomic E-state index is 12.8. The minimum Gasteiger partial charge on any atom is -0.493 e. The Balaban J connectivity index is 2.12. The van der Waals surface area contributed by atoms with Gasteiger partial charge in [-0.15, -0.1) is 0 Å². The van der Waals surface area contributed by atoms with E-state index in [0.29, 0.717) is 36.7 Å². The Morgan fingerprint density at radius 3 is 2.46 bits per heavy atom. The van der Waals surface area contributed by atoms with Gasteiger partial charge in [0.2, 0.25) is 10.0 Å². The first-order valence-electron chi connectivity index (χ1n) is 8.43. The molecular formula is C18H26N2O5S. The molecule has 8 heteroatoms. The Hall–Kier alpha value is -2.06.